The first-order chi connectivity index (χ1) is 21.8. The Bertz CT molecular complexity index is 1080. The number of hydrazine groups is 1. The van der Waals surface area contributed by atoms with Crippen LogP contribution < -0.4 is 10.6 Å². The second-order valence-electron chi connectivity index (χ2n) is 10.3. The Morgan fingerprint density at radius 3 is 2.51 bits per heavy atom. The maximum absolute atomic E-state index is 13.1. The molecule has 2 saturated heterocycles. The number of hydrogen-bond donors (Lipinski definition) is 2. The first-order valence-corrected chi connectivity index (χ1v) is 15.1. The van der Waals surface area contributed by atoms with E-state index in [1.807, 2.05) is 37.4 Å². The van der Waals surface area contributed by atoms with Crippen molar-refractivity contribution in [2.75, 3.05) is 60.0 Å². The lowest BCUT2D eigenvalue weighted by atomic mass is 9.99. The van der Waals surface area contributed by atoms with E-state index < -0.39 is 6.17 Å². The topological polar surface area (TPSA) is 173 Å². The summed E-state index contributed by atoms with van der Waals surface area (Å²) in [5, 5.41) is 12.2. The molecule has 0 spiro atoms. The van der Waals surface area contributed by atoms with Crippen LogP contribution in [0.4, 0.5) is 4.79 Å². The van der Waals surface area contributed by atoms with Crippen LogP contribution in [0.25, 0.3) is 10.4 Å². The van der Waals surface area contributed by atoms with Gasteiger partial charge >= 0.3 is 6.03 Å². The molecule has 2 aliphatic rings. The Labute approximate surface area is 266 Å². The van der Waals surface area contributed by atoms with E-state index in [-0.39, 0.29) is 43.4 Å². The summed E-state index contributed by atoms with van der Waals surface area (Å²) in [6.45, 7) is 10.8. The monoisotopic (exact) mass is 631 g/mol. The molecule has 2 fully saturated rings. The van der Waals surface area contributed by atoms with Crippen molar-refractivity contribution < 1.29 is 28.8 Å². The van der Waals surface area contributed by atoms with Crippen molar-refractivity contribution in [1.29, 1.82) is 0 Å². The zero-order valence-electron chi connectivity index (χ0n) is 27.0. The van der Waals surface area contributed by atoms with E-state index >= 15 is 0 Å². The quantitative estimate of drug-likeness (QED) is 0.0565. The fourth-order valence-corrected chi connectivity index (χ4v) is 4.72. The molecule has 45 heavy (non-hydrogen) atoms. The Morgan fingerprint density at radius 2 is 1.96 bits per heavy atom. The number of benzene rings is 1. The highest BCUT2D eigenvalue weighted by atomic mass is 16.6. The summed E-state index contributed by atoms with van der Waals surface area (Å²) in [7, 11) is 3.67. The van der Waals surface area contributed by atoms with E-state index in [0.717, 1.165) is 24.9 Å². The minimum absolute atomic E-state index is 0.0330. The number of hydrogen-bond acceptors (Lipinski definition) is 9. The molecule has 15 heteroatoms. The minimum Gasteiger partial charge on any atom is -0.464 e. The molecule has 0 saturated carbocycles. The van der Waals surface area contributed by atoms with E-state index in [9.17, 15) is 19.2 Å². The molecule has 3 rings (SSSR count). The molecular formula is C30H49N9O6. The highest BCUT2D eigenvalue weighted by Gasteiger charge is 2.45. The number of nitrogens with zero attached hydrogens (tertiary/aromatic N) is 7. The summed E-state index contributed by atoms with van der Waals surface area (Å²) in [4.78, 5) is 58.5. The molecule has 0 aliphatic carbocycles. The third kappa shape index (κ3) is 14.3. The Morgan fingerprint density at radius 1 is 1.22 bits per heavy atom. The van der Waals surface area contributed by atoms with Crippen LogP contribution in [-0.2, 0) is 30.5 Å². The number of ether oxygens (including phenoxy) is 1. The molecule has 0 radical (unpaired) electrons. The molecular weight excluding hydrogens is 582 g/mol. The molecule has 0 bridgehead atoms. The predicted octanol–water partition coefficient (Wildman–Crippen LogP) is 3.07. The van der Waals surface area contributed by atoms with Gasteiger partial charge < -0.3 is 30.0 Å². The third-order valence-corrected chi connectivity index (χ3v) is 7.01. The number of piperazine rings is 1. The van der Waals surface area contributed by atoms with E-state index in [0.29, 0.717) is 39.2 Å². The van der Waals surface area contributed by atoms with Crippen LogP contribution in [0.5, 0.6) is 0 Å². The number of carbonyl (C=O) groups excluding carboxylic acids is 4. The number of likely N-dealkylation sites (N-methyl/N-ethyl adjacent to an activating group) is 1. The Balaban J connectivity index is 0.000000788. The van der Waals surface area contributed by atoms with Crippen molar-refractivity contribution in [2.45, 2.75) is 52.2 Å². The van der Waals surface area contributed by atoms with Crippen molar-refractivity contribution in [3.05, 3.63) is 59.0 Å². The third-order valence-electron chi connectivity index (χ3n) is 7.01. The van der Waals surface area contributed by atoms with Crippen molar-refractivity contribution in [1.82, 2.24) is 30.5 Å². The van der Waals surface area contributed by atoms with Gasteiger partial charge in [-0.25, -0.2) is 14.8 Å². The van der Waals surface area contributed by atoms with E-state index in [2.05, 4.69) is 46.0 Å². The van der Waals surface area contributed by atoms with Gasteiger partial charge in [0.2, 0.25) is 11.8 Å². The molecule has 2 heterocycles. The van der Waals surface area contributed by atoms with E-state index in [1.165, 1.54) is 17.4 Å². The largest absolute Gasteiger partial charge is 0.464 e. The maximum atomic E-state index is 13.1. The lowest BCUT2D eigenvalue weighted by molar-refractivity contribution is -0.178. The summed E-state index contributed by atoms with van der Waals surface area (Å²) in [5.74, 6) is -0.0695. The summed E-state index contributed by atoms with van der Waals surface area (Å²) in [6, 6.07) is 9.28. The van der Waals surface area contributed by atoms with Crippen LogP contribution in [0, 0.1) is 5.92 Å². The lowest BCUT2D eigenvalue weighted by Crippen LogP contribution is -2.73. The van der Waals surface area contributed by atoms with Crippen molar-refractivity contribution in [2.24, 2.45) is 11.2 Å². The van der Waals surface area contributed by atoms with Crippen LogP contribution in [-0.4, -0.2) is 110 Å². The molecule has 2 unspecified atom stereocenters. The van der Waals surface area contributed by atoms with Gasteiger partial charge in [-0.15, -0.1) is 0 Å². The first kappa shape index (κ1) is 38.7. The standard InChI is InChI=1S/C22H32N8O4.C4H11N.C4H6O2/c1-3-17(10-7-11-34-26-25-23)13-28-14-19-29(16-20(28)31)21(32)15-27(2)30(19)22(33)24-12-18-8-5-4-6-9-18;1-3-4-5-2;1-2-3-6-4-5/h4-6,8-9,17,19H,3,7,10-16H2,1-2H3,(H,24,33);5H,3-4H2,1-2H3;2,4H,1,3H2. The molecule has 250 valence electrons. The van der Waals surface area contributed by atoms with Crippen LogP contribution in [0.3, 0.4) is 0 Å². The molecule has 1 aromatic carbocycles. The van der Waals surface area contributed by atoms with E-state index in [1.54, 1.807) is 22.0 Å². The Kier molecular flexibility index (Phi) is 19.9. The first-order valence-electron chi connectivity index (χ1n) is 15.1. The number of rotatable bonds is 15. The molecule has 4 amide bonds. The average Bonchev–Trinajstić information content (AvgIpc) is 3.04. The van der Waals surface area contributed by atoms with E-state index in [4.69, 9.17) is 10.4 Å². The van der Waals surface area contributed by atoms with Crippen LogP contribution >= 0.6 is 0 Å². The van der Waals surface area contributed by atoms with Gasteiger partial charge in [-0.05, 0) is 49.9 Å². The number of amides is 4. The predicted molar refractivity (Wildman–Crippen MR) is 170 cm³/mol. The SMILES string of the molecule is C=CCOC=O.CCC(CCCON=[N+]=[N-])CN1CC2N(CC1=O)C(=O)CN(C)N2C(=O)NCc1ccccc1.CCCNC. The fraction of sp³-hybridized carbons (Fsp3) is 0.600. The van der Waals surface area contributed by atoms with Crippen LogP contribution in [0.2, 0.25) is 0 Å². The number of azide groups is 1. The molecule has 15 nitrogen and oxygen atoms in total. The van der Waals surface area contributed by atoms with Gasteiger partial charge in [0.15, 0.2) is 0 Å². The zero-order chi connectivity index (χ0) is 33.5. The Hall–Kier alpha value is -4.33. The van der Waals surface area contributed by atoms with Gasteiger partial charge in [-0.3, -0.25) is 14.4 Å². The minimum atomic E-state index is -0.564. The van der Waals surface area contributed by atoms with Gasteiger partial charge in [0.25, 0.3) is 6.47 Å². The number of fused-ring (bicyclic) bond motifs is 1. The summed E-state index contributed by atoms with van der Waals surface area (Å²) >= 11 is 0. The molecule has 0 aromatic heterocycles. The van der Waals surface area contributed by atoms with Crippen LogP contribution in [0.15, 0.2) is 48.3 Å². The molecule has 1 aromatic rings. The lowest BCUT2D eigenvalue weighted by Gasteiger charge is -2.51. The second-order valence-corrected chi connectivity index (χ2v) is 10.3. The molecule has 2 N–H and O–H groups in total. The molecule has 2 atom stereocenters. The smallest absolute Gasteiger partial charge is 0.334 e. The number of carbonyl (C=O) groups is 4. The number of nitrogens with one attached hydrogen (secondary N) is 2. The van der Waals surface area contributed by atoms with Gasteiger partial charge in [-0.2, -0.15) is 0 Å². The normalized spacial score (nSPS) is 16.4. The van der Waals surface area contributed by atoms with Gasteiger partial charge in [0.05, 0.1) is 19.7 Å². The summed E-state index contributed by atoms with van der Waals surface area (Å²) in [6.07, 6.45) is 4.54. The van der Waals surface area contributed by atoms with Gasteiger partial charge in [0, 0.05) is 25.0 Å². The van der Waals surface area contributed by atoms with Gasteiger partial charge in [-0.1, -0.05) is 63.3 Å². The second kappa shape index (κ2) is 23.1. The van der Waals surface area contributed by atoms with Crippen molar-refractivity contribution >= 4 is 24.3 Å². The van der Waals surface area contributed by atoms with Gasteiger partial charge in [0.1, 0.15) is 24.6 Å². The highest BCUT2D eigenvalue weighted by Crippen LogP contribution is 2.23. The summed E-state index contributed by atoms with van der Waals surface area (Å²) in [5.41, 5.74) is 9.25. The van der Waals surface area contributed by atoms with Crippen LogP contribution in [0.1, 0.15) is 45.1 Å². The highest BCUT2D eigenvalue weighted by molar-refractivity contribution is 5.89. The number of urea groups is 1. The fourth-order valence-electron chi connectivity index (χ4n) is 4.72. The van der Waals surface area contributed by atoms with Crippen molar-refractivity contribution in [3.63, 3.8) is 0 Å². The van der Waals surface area contributed by atoms with Crippen molar-refractivity contribution in [3.8, 4) is 0 Å². The maximum Gasteiger partial charge on any atom is 0.334 e. The summed E-state index contributed by atoms with van der Waals surface area (Å²) < 4.78 is 4.18. The average molecular weight is 632 g/mol. The molecule has 2 aliphatic heterocycles. The zero-order valence-corrected chi connectivity index (χ0v) is 27.0.